The molecule has 118 valence electrons. The summed E-state index contributed by atoms with van der Waals surface area (Å²) in [5.74, 6) is 0.247. The minimum Gasteiger partial charge on any atom is -0.388 e. The van der Waals surface area contributed by atoms with Gasteiger partial charge in [-0.2, -0.15) is 0 Å². The summed E-state index contributed by atoms with van der Waals surface area (Å²) in [6.45, 7) is 6.92. The van der Waals surface area contributed by atoms with E-state index in [-0.39, 0.29) is 5.96 Å². The highest BCUT2D eigenvalue weighted by Gasteiger charge is 2.44. The second kappa shape index (κ2) is 5.97. The molecule has 2 aliphatic heterocycles. The van der Waals surface area contributed by atoms with Crippen LogP contribution in [0.15, 0.2) is 29.0 Å². The number of aliphatic hydroxyl groups is 2. The van der Waals surface area contributed by atoms with Crippen LogP contribution in [-0.4, -0.2) is 66.4 Å². The molecule has 0 saturated carbocycles. The van der Waals surface area contributed by atoms with Gasteiger partial charge in [-0.05, 0) is 25.9 Å². The van der Waals surface area contributed by atoms with E-state index in [4.69, 9.17) is 10.5 Å². The molecule has 4 atom stereocenters. The molecule has 0 aromatic carbocycles. The van der Waals surface area contributed by atoms with Gasteiger partial charge in [-0.15, -0.1) is 13.2 Å². The van der Waals surface area contributed by atoms with Crippen LogP contribution in [0.5, 0.6) is 0 Å². The molecule has 21 heavy (non-hydrogen) atoms. The highest BCUT2D eigenvalue weighted by molar-refractivity contribution is 7.72. The van der Waals surface area contributed by atoms with Crippen molar-refractivity contribution in [3.63, 3.8) is 0 Å². The van der Waals surface area contributed by atoms with Gasteiger partial charge in [-0.25, -0.2) is 4.99 Å². The molecule has 2 heterocycles. The van der Waals surface area contributed by atoms with Gasteiger partial charge in [0.1, 0.15) is 18.3 Å². The summed E-state index contributed by atoms with van der Waals surface area (Å²) in [6, 6.07) is 0. The van der Waals surface area contributed by atoms with Crippen LogP contribution < -0.4 is 11.1 Å². The van der Waals surface area contributed by atoms with E-state index in [1.54, 1.807) is 0 Å². The molecule has 0 bridgehead atoms. The molecule has 2 aliphatic rings. The van der Waals surface area contributed by atoms with Crippen LogP contribution in [0.1, 0.15) is 6.42 Å². The van der Waals surface area contributed by atoms with Gasteiger partial charge in [0.25, 0.3) is 0 Å². The van der Waals surface area contributed by atoms with Crippen LogP contribution in [0, 0.1) is 0 Å². The van der Waals surface area contributed by atoms with Crippen LogP contribution in [0.2, 0.25) is 0 Å². The Bertz CT molecular complexity index is 538. The Morgan fingerprint density at radius 2 is 2.10 bits per heavy atom. The predicted octanol–water partition coefficient (Wildman–Crippen LogP) is -0.110. The summed E-state index contributed by atoms with van der Waals surface area (Å²) in [7, 11) is 0. The number of aliphatic imine (C=N–C) groups is 1. The second-order valence-electron chi connectivity index (χ2n) is 6.23. The molecular weight excluding hydrogens is 289 g/mol. The SMILES string of the molecule is C=C1NC(N)=NC=C1C1OC(CCP(=C)(C)C)C(O)C1O. The zero-order valence-corrected chi connectivity index (χ0v) is 13.4. The molecule has 0 aromatic heterocycles. The van der Waals surface area contributed by atoms with Crippen LogP contribution in [0.25, 0.3) is 0 Å². The molecule has 0 spiro atoms. The highest BCUT2D eigenvalue weighted by atomic mass is 31.2. The predicted molar refractivity (Wildman–Crippen MR) is 88.0 cm³/mol. The van der Waals surface area contributed by atoms with Crippen molar-refractivity contribution < 1.29 is 14.9 Å². The first-order valence-corrected chi connectivity index (χ1v) is 9.93. The number of hydrogen-bond acceptors (Lipinski definition) is 6. The highest BCUT2D eigenvalue weighted by Crippen LogP contribution is 2.39. The maximum atomic E-state index is 10.2. The van der Waals surface area contributed by atoms with E-state index in [9.17, 15) is 10.2 Å². The number of nitrogens with one attached hydrogen (secondary N) is 1. The third-order valence-electron chi connectivity index (χ3n) is 3.66. The fraction of sp³-hybridized carbons (Fsp3) is 0.571. The standard InChI is InChI=1S/C14H24N3O3P/c1-8-9(7-16-14(15)17-8)13-12(19)11(18)10(20-13)5-6-21(2,3)4/h7,10-13,18-19H,1-2,5-6H2,3-4H3,(H3,15,16,17). The Morgan fingerprint density at radius 1 is 1.43 bits per heavy atom. The summed E-state index contributed by atoms with van der Waals surface area (Å²) < 4.78 is 5.84. The summed E-state index contributed by atoms with van der Waals surface area (Å²) in [6.07, 6.45) is 4.29. The smallest absolute Gasteiger partial charge is 0.197 e. The minimum atomic E-state index is -1.19. The summed E-state index contributed by atoms with van der Waals surface area (Å²) in [4.78, 5) is 3.96. The normalized spacial score (nSPS) is 33.4. The first kappa shape index (κ1) is 16.3. The first-order valence-electron chi connectivity index (χ1n) is 6.87. The van der Waals surface area contributed by atoms with Gasteiger partial charge in [-0.3, -0.25) is 0 Å². The van der Waals surface area contributed by atoms with Gasteiger partial charge in [0.2, 0.25) is 0 Å². The maximum Gasteiger partial charge on any atom is 0.197 e. The third kappa shape index (κ3) is 3.77. The lowest BCUT2D eigenvalue weighted by Crippen LogP contribution is -2.39. The molecule has 1 saturated heterocycles. The van der Waals surface area contributed by atoms with Crippen LogP contribution in [-0.2, 0) is 4.74 Å². The summed E-state index contributed by atoms with van der Waals surface area (Å²) in [5.41, 5.74) is 6.69. The monoisotopic (exact) mass is 313 g/mol. The van der Waals surface area contributed by atoms with Gasteiger partial charge in [0.15, 0.2) is 5.96 Å². The molecule has 4 unspecified atom stereocenters. The number of rotatable bonds is 4. The van der Waals surface area contributed by atoms with Crippen molar-refractivity contribution in [1.29, 1.82) is 0 Å². The van der Waals surface area contributed by atoms with Crippen LogP contribution >= 0.6 is 6.89 Å². The van der Waals surface area contributed by atoms with Gasteiger partial charge in [0, 0.05) is 17.5 Å². The van der Waals surface area contributed by atoms with Gasteiger partial charge < -0.3 is 26.0 Å². The molecule has 0 radical (unpaired) electrons. The Kier molecular flexibility index (Phi) is 4.63. The quantitative estimate of drug-likeness (QED) is 0.543. The molecule has 0 aromatic rings. The number of aliphatic hydroxyl groups excluding tert-OH is 2. The van der Waals surface area contributed by atoms with Crippen molar-refractivity contribution in [2.75, 3.05) is 19.5 Å². The van der Waals surface area contributed by atoms with Crippen LogP contribution in [0.3, 0.4) is 0 Å². The number of ether oxygens (including phenoxy) is 1. The number of hydrogen-bond donors (Lipinski definition) is 4. The fourth-order valence-corrected chi connectivity index (χ4v) is 3.40. The number of nitrogens with zero attached hydrogens (tertiary/aromatic N) is 1. The van der Waals surface area contributed by atoms with Crippen LogP contribution in [0.4, 0.5) is 0 Å². The van der Waals surface area contributed by atoms with E-state index in [2.05, 4.69) is 36.5 Å². The molecule has 2 rings (SSSR count). The Labute approximate surface area is 125 Å². The first-order chi connectivity index (χ1) is 9.69. The Morgan fingerprint density at radius 3 is 2.67 bits per heavy atom. The maximum absolute atomic E-state index is 10.2. The van der Waals surface area contributed by atoms with Gasteiger partial charge in [0.05, 0.1) is 6.10 Å². The minimum absolute atomic E-state index is 0.247. The van der Waals surface area contributed by atoms with E-state index >= 15 is 0 Å². The molecular formula is C14H24N3O3P. The zero-order valence-electron chi connectivity index (χ0n) is 12.5. The van der Waals surface area contributed by atoms with Crippen molar-refractivity contribution >= 4 is 19.1 Å². The molecule has 0 aliphatic carbocycles. The van der Waals surface area contributed by atoms with E-state index in [0.29, 0.717) is 17.7 Å². The molecule has 6 nitrogen and oxygen atoms in total. The summed E-state index contributed by atoms with van der Waals surface area (Å²) >= 11 is 0. The molecule has 1 fully saturated rings. The van der Waals surface area contributed by atoms with E-state index in [1.807, 2.05) is 0 Å². The molecule has 7 heteroatoms. The fourth-order valence-electron chi connectivity index (χ4n) is 2.44. The lowest BCUT2D eigenvalue weighted by Gasteiger charge is -2.23. The molecule has 5 N–H and O–H groups in total. The van der Waals surface area contributed by atoms with Crippen molar-refractivity contribution in [3.05, 3.63) is 24.0 Å². The molecule has 0 amide bonds. The van der Waals surface area contributed by atoms with Crippen molar-refractivity contribution in [2.45, 2.75) is 30.8 Å². The zero-order chi connectivity index (χ0) is 15.8. The van der Waals surface area contributed by atoms with Gasteiger partial charge >= 0.3 is 0 Å². The summed E-state index contributed by atoms with van der Waals surface area (Å²) in [5, 5.41) is 23.2. The Hall–Kier alpha value is -1.07. The van der Waals surface area contributed by atoms with Crippen molar-refractivity contribution in [1.82, 2.24) is 5.32 Å². The number of guanidine groups is 1. The number of nitrogens with two attached hydrogens (primary N) is 1. The van der Waals surface area contributed by atoms with E-state index < -0.39 is 31.3 Å². The van der Waals surface area contributed by atoms with E-state index in [1.165, 1.54) is 6.20 Å². The third-order valence-corrected chi connectivity index (χ3v) is 5.13. The average molecular weight is 313 g/mol. The largest absolute Gasteiger partial charge is 0.388 e. The topological polar surface area (TPSA) is 100 Å². The lowest BCUT2D eigenvalue weighted by molar-refractivity contribution is 0.0189. The van der Waals surface area contributed by atoms with Crippen molar-refractivity contribution in [3.8, 4) is 0 Å². The van der Waals surface area contributed by atoms with E-state index in [0.717, 1.165) is 6.16 Å². The average Bonchev–Trinajstić information content (AvgIpc) is 2.64. The van der Waals surface area contributed by atoms with Crippen molar-refractivity contribution in [2.24, 2.45) is 10.7 Å². The van der Waals surface area contributed by atoms with Gasteiger partial charge in [-0.1, -0.05) is 6.58 Å². The second-order valence-corrected chi connectivity index (χ2v) is 10.5. The Balaban J connectivity index is 2.10. The lowest BCUT2D eigenvalue weighted by atomic mass is 9.99.